The van der Waals surface area contributed by atoms with E-state index in [1.165, 1.54) is 83.5 Å². The molecular weight excluding hydrogens is 724 g/mol. The van der Waals surface area contributed by atoms with E-state index in [0.29, 0.717) is 152 Å². The van der Waals surface area contributed by atoms with Crippen molar-refractivity contribution in [3.63, 3.8) is 0 Å². The normalized spacial score (nSPS) is 11.4. The Morgan fingerprint density at radius 1 is 0.339 bits per heavy atom. The van der Waals surface area contributed by atoms with Gasteiger partial charge in [0.25, 0.3) is 0 Å². The van der Waals surface area contributed by atoms with E-state index in [1.54, 1.807) is 6.08 Å². The van der Waals surface area contributed by atoms with Gasteiger partial charge in [-0.2, -0.15) is 0 Å². The summed E-state index contributed by atoms with van der Waals surface area (Å²) in [5.41, 5.74) is 0. The van der Waals surface area contributed by atoms with Gasteiger partial charge in [-0.1, -0.05) is 103 Å². The quantitative estimate of drug-likeness (QED) is 0.0351. The van der Waals surface area contributed by atoms with Crippen LogP contribution in [0.3, 0.4) is 0 Å². The monoisotopic (exact) mass is 809 g/mol. The maximum absolute atomic E-state index is 11.9. The number of hydrogen-bond acceptors (Lipinski definition) is 13. The Hall–Kier alpha value is -1.23. The first-order chi connectivity index (χ1) is 27.8. The summed E-state index contributed by atoms with van der Waals surface area (Å²) in [5.74, 6) is -0.131. The second kappa shape index (κ2) is 51.8. The van der Waals surface area contributed by atoms with Crippen molar-refractivity contribution in [2.24, 2.45) is 0 Å². The van der Waals surface area contributed by atoms with Gasteiger partial charge in [-0.25, -0.2) is 0 Å². The molecule has 0 aliphatic rings. The van der Waals surface area contributed by atoms with E-state index in [-0.39, 0.29) is 12.6 Å². The van der Waals surface area contributed by atoms with E-state index in [0.717, 1.165) is 12.8 Å². The van der Waals surface area contributed by atoms with E-state index in [1.807, 2.05) is 0 Å². The van der Waals surface area contributed by atoms with E-state index in [2.05, 4.69) is 13.5 Å². The maximum Gasteiger partial charge on any atom is 0.305 e. The fourth-order valence-corrected chi connectivity index (χ4v) is 5.29. The molecule has 0 unspecified atom stereocenters. The molecule has 0 atom stereocenters. The highest BCUT2D eigenvalue weighted by molar-refractivity contribution is 5.69. The van der Waals surface area contributed by atoms with Gasteiger partial charge in [-0.15, -0.1) is 6.58 Å². The first-order valence-corrected chi connectivity index (χ1v) is 21.9. The number of esters is 1. The van der Waals surface area contributed by atoms with Crippen LogP contribution in [0, 0.1) is 0 Å². The lowest BCUT2D eigenvalue weighted by atomic mass is 10.0. The number of ether oxygens (including phenoxy) is 12. The fourth-order valence-electron chi connectivity index (χ4n) is 5.29. The molecule has 13 heteroatoms. The Bertz CT molecular complexity index is 747. The molecule has 0 aliphatic heterocycles. The smallest absolute Gasteiger partial charge is 0.305 e. The zero-order valence-electron chi connectivity index (χ0n) is 35.7. The van der Waals surface area contributed by atoms with Crippen LogP contribution in [0.25, 0.3) is 0 Å². The summed E-state index contributed by atoms with van der Waals surface area (Å²) in [7, 11) is 0. The Morgan fingerprint density at radius 3 is 0.839 bits per heavy atom. The lowest BCUT2D eigenvalue weighted by Crippen LogP contribution is -2.15. The zero-order chi connectivity index (χ0) is 40.3. The molecule has 13 nitrogen and oxygen atoms in total. The molecule has 0 aromatic rings. The van der Waals surface area contributed by atoms with Crippen LogP contribution in [0.1, 0.15) is 110 Å². The fraction of sp³-hybridized carbons (Fsp3) is 0.930. The Labute approximate surface area is 341 Å². The van der Waals surface area contributed by atoms with Crippen molar-refractivity contribution in [3.05, 3.63) is 12.7 Å². The van der Waals surface area contributed by atoms with Crippen LogP contribution >= 0.6 is 0 Å². The number of carbonyl (C=O) groups excluding carboxylic acids is 1. The molecule has 56 heavy (non-hydrogen) atoms. The molecule has 0 bridgehead atoms. The molecule has 0 saturated heterocycles. The van der Waals surface area contributed by atoms with E-state index in [9.17, 15) is 4.79 Å². The SMILES string of the molecule is C=CCOCCOCCOCCOCCOCCOCCOCCOCCOCCOCCOCCOC(=O)CCCCCCCCCCCCCCCCC. The summed E-state index contributed by atoms with van der Waals surface area (Å²) < 4.78 is 65.2. The van der Waals surface area contributed by atoms with Gasteiger partial charge in [0.05, 0.1) is 145 Å². The van der Waals surface area contributed by atoms with Crippen LogP contribution in [-0.4, -0.2) is 158 Å². The van der Waals surface area contributed by atoms with Crippen LogP contribution in [0.15, 0.2) is 12.7 Å². The molecule has 0 amide bonds. The molecule has 0 N–H and O–H groups in total. The summed E-state index contributed by atoms with van der Waals surface area (Å²) >= 11 is 0. The third-order valence-corrected chi connectivity index (χ3v) is 8.43. The van der Waals surface area contributed by atoms with Crippen molar-refractivity contribution in [2.75, 3.05) is 152 Å². The zero-order valence-corrected chi connectivity index (χ0v) is 35.7. The molecule has 0 aromatic heterocycles. The van der Waals surface area contributed by atoms with Crippen molar-refractivity contribution < 1.29 is 61.6 Å². The van der Waals surface area contributed by atoms with Crippen molar-refractivity contribution in [1.82, 2.24) is 0 Å². The molecule has 0 aromatic carbocycles. The second-order valence-corrected chi connectivity index (χ2v) is 13.4. The lowest BCUT2D eigenvalue weighted by Gasteiger charge is -2.09. The number of hydrogen-bond donors (Lipinski definition) is 0. The Kier molecular flexibility index (Phi) is 50.7. The Morgan fingerprint density at radius 2 is 0.571 bits per heavy atom. The molecule has 334 valence electrons. The predicted octanol–water partition coefficient (Wildman–Crippen LogP) is 7.16. The van der Waals surface area contributed by atoms with Crippen molar-refractivity contribution in [2.45, 2.75) is 110 Å². The molecule has 0 saturated carbocycles. The molecule has 0 rings (SSSR count). The van der Waals surface area contributed by atoms with Crippen LogP contribution in [0.5, 0.6) is 0 Å². The predicted molar refractivity (Wildman–Crippen MR) is 220 cm³/mol. The van der Waals surface area contributed by atoms with Gasteiger partial charge in [-0.05, 0) is 6.42 Å². The van der Waals surface area contributed by atoms with Crippen LogP contribution in [-0.2, 0) is 61.6 Å². The molecule has 0 aliphatic carbocycles. The largest absolute Gasteiger partial charge is 0.463 e. The summed E-state index contributed by atoms with van der Waals surface area (Å²) in [4.78, 5) is 11.9. The van der Waals surface area contributed by atoms with Gasteiger partial charge in [0.1, 0.15) is 6.61 Å². The average Bonchev–Trinajstić information content (AvgIpc) is 3.20. The third kappa shape index (κ3) is 50.8. The summed E-state index contributed by atoms with van der Waals surface area (Å²) in [6, 6.07) is 0. The summed E-state index contributed by atoms with van der Waals surface area (Å²) in [6.45, 7) is 17.2. The Balaban J connectivity index is 3.12. The van der Waals surface area contributed by atoms with Crippen LogP contribution in [0.4, 0.5) is 0 Å². The number of unbranched alkanes of at least 4 members (excludes halogenated alkanes) is 14. The molecule has 0 spiro atoms. The van der Waals surface area contributed by atoms with Crippen LogP contribution < -0.4 is 0 Å². The minimum atomic E-state index is -0.131. The first-order valence-electron chi connectivity index (χ1n) is 21.9. The van der Waals surface area contributed by atoms with E-state index < -0.39 is 0 Å². The van der Waals surface area contributed by atoms with Gasteiger partial charge in [0.15, 0.2) is 0 Å². The van der Waals surface area contributed by atoms with E-state index in [4.69, 9.17) is 56.8 Å². The molecule has 0 fully saturated rings. The summed E-state index contributed by atoms with van der Waals surface area (Å²) in [5, 5.41) is 0. The lowest BCUT2D eigenvalue weighted by molar-refractivity contribution is -0.145. The summed E-state index contributed by atoms with van der Waals surface area (Å²) in [6.07, 6.45) is 21.9. The highest BCUT2D eigenvalue weighted by Gasteiger charge is 2.03. The van der Waals surface area contributed by atoms with Gasteiger partial charge >= 0.3 is 5.97 Å². The van der Waals surface area contributed by atoms with Gasteiger partial charge < -0.3 is 56.8 Å². The second-order valence-electron chi connectivity index (χ2n) is 13.4. The molecule has 0 heterocycles. The van der Waals surface area contributed by atoms with Gasteiger partial charge in [0.2, 0.25) is 0 Å². The topological polar surface area (TPSA) is 128 Å². The minimum Gasteiger partial charge on any atom is -0.463 e. The number of rotatable bonds is 51. The molecular formula is C43H84O13. The van der Waals surface area contributed by atoms with Crippen molar-refractivity contribution in [1.29, 1.82) is 0 Å². The third-order valence-electron chi connectivity index (χ3n) is 8.43. The minimum absolute atomic E-state index is 0.131. The maximum atomic E-state index is 11.9. The van der Waals surface area contributed by atoms with Gasteiger partial charge in [-0.3, -0.25) is 4.79 Å². The number of carbonyl (C=O) groups is 1. The highest BCUT2D eigenvalue weighted by atomic mass is 16.6. The van der Waals surface area contributed by atoms with Crippen molar-refractivity contribution in [3.8, 4) is 0 Å². The average molecular weight is 809 g/mol. The van der Waals surface area contributed by atoms with Gasteiger partial charge in [0, 0.05) is 6.42 Å². The first kappa shape index (κ1) is 54.8. The van der Waals surface area contributed by atoms with Crippen molar-refractivity contribution >= 4 is 5.97 Å². The van der Waals surface area contributed by atoms with Crippen LogP contribution in [0.2, 0.25) is 0 Å². The standard InChI is InChI=1S/C43H84O13/c1-3-5-6-7-8-9-10-11-12-13-14-15-16-17-18-19-43(44)56-42-41-55-40-39-54-38-37-53-36-35-52-34-33-51-32-31-50-30-29-49-28-27-48-26-25-47-24-23-46-22-21-45-20-4-2/h4H,2-3,5-42H2,1H3. The highest BCUT2D eigenvalue weighted by Crippen LogP contribution is 2.14. The van der Waals surface area contributed by atoms with E-state index >= 15 is 0 Å². The molecule has 0 radical (unpaired) electrons.